The molecule has 2 aromatic heterocycles. The van der Waals surface area contributed by atoms with Crippen molar-refractivity contribution in [1.82, 2.24) is 9.38 Å². The van der Waals surface area contributed by atoms with Crippen LogP contribution in [0.4, 0.5) is 4.39 Å². The summed E-state index contributed by atoms with van der Waals surface area (Å²) in [5, 5.41) is 0. The average Bonchev–Trinajstić information content (AvgIpc) is 2.43. The number of pyridine rings is 1. The SMILES string of the molecule is Fc1ccc2nc(C3CCC3)cn2c1. The van der Waals surface area contributed by atoms with E-state index in [0.29, 0.717) is 5.92 Å². The Balaban J connectivity index is 2.10. The van der Waals surface area contributed by atoms with Crippen LogP contribution in [0.1, 0.15) is 30.9 Å². The Kier molecular flexibility index (Phi) is 1.60. The maximum absolute atomic E-state index is 12.9. The number of fused-ring (bicyclic) bond motifs is 1. The van der Waals surface area contributed by atoms with Gasteiger partial charge in [-0.3, -0.25) is 0 Å². The van der Waals surface area contributed by atoms with Crippen molar-refractivity contribution in [3.05, 3.63) is 36.0 Å². The summed E-state index contributed by atoms with van der Waals surface area (Å²) in [6.45, 7) is 0. The fraction of sp³-hybridized carbons (Fsp3) is 0.364. The summed E-state index contributed by atoms with van der Waals surface area (Å²) in [6.07, 6.45) is 7.18. The van der Waals surface area contributed by atoms with Crippen LogP contribution < -0.4 is 0 Å². The van der Waals surface area contributed by atoms with Crippen molar-refractivity contribution in [1.29, 1.82) is 0 Å². The topological polar surface area (TPSA) is 17.3 Å². The first-order valence-electron chi connectivity index (χ1n) is 4.97. The number of aromatic nitrogens is 2. The molecule has 0 amide bonds. The van der Waals surface area contributed by atoms with E-state index in [9.17, 15) is 4.39 Å². The summed E-state index contributed by atoms with van der Waals surface area (Å²) in [4.78, 5) is 4.47. The van der Waals surface area contributed by atoms with Crippen molar-refractivity contribution in [2.45, 2.75) is 25.2 Å². The lowest BCUT2D eigenvalue weighted by molar-refractivity contribution is 0.412. The lowest BCUT2D eigenvalue weighted by Gasteiger charge is -2.22. The summed E-state index contributed by atoms with van der Waals surface area (Å²) >= 11 is 0. The first-order valence-corrected chi connectivity index (χ1v) is 4.97. The highest BCUT2D eigenvalue weighted by molar-refractivity contribution is 5.40. The van der Waals surface area contributed by atoms with Gasteiger partial charge in [-0.05, 0) is 25.0 Å². The van der Waals surface area contributed by atoms with Crippen LogP contribution in [0, 0.1) is 5.82 Å². The van der Waals surface area contributed by atoms with Crippen LogP contribution in [0.2, 0.25) is 0 Å². The molecule has 0 atom stereocenters. The Morgan fingerprint density at radius 3 is 2.86 bits per heavy atom. The van der Waals surface area contributed by atoms with Gasteiger partial charge in [0.2, 0.25) is 0 Å². The number of imidazole rings is 1. The summed E-state index contributed by atoms with van der Waals surface area (Å²) < 4.78 is 14.7. The summed E-state index contributed by atoms with van der Waals surface area (Å²) in [7, 11) is 0. The lowest BCUT2D eigenvalue weighted by atomic mass is 9.83. The number of nitrogens with zero attached hydrogens (tertiary/aromatic N) is 2. The van der Waals surface area contributed by atoms with Crippen LogP contribution in [0.15, 0.2) is 24.5 Å². The van der Waals surface area contributed by atoms with Crippen LogP contribution in [-0.2, 0) is 0 Å². The predicted molar refractivity (Wildman–Crippen MR) is 51.7 cm³/mol. The van der Waals surface area contributed by atoms with E-state index in [2.05, 4.69) is 4.98 Å². The molecule has 2 heterocycles. The molecular weight excluding hydrogens is 179 g/mol. The maximum Gasteiger partial charge on any atom is 0.139 e. The quantitative estimate of drug-likeness (QED) is 0.675. The molecule has 0 bridgehead atoms. The second-order valence-corrected chi connectivity index (χ2v) is 3.91. The minimum absolute atomic E-state index is 0.213. The highest BCUT2D eigenvalue weighted by Gasteiger charge is 2.21. The van der Waals surface area contributed by atoms with E-state index in [4.69, 9.17) is 0 Å². The van der Waals surface area contributed by atoms with Gasteiger partial charge in [0, 0.05) is 18.3 Å². The molecule has 0 unspecified atom stereocenters. The van der Waals surface area contributed by atoms with Crippen molar-refractivity contribution >= 4 is 5.65 Å². The van der Waals surface area contributed by atoms with Gasteiger partial charge < -0.3 is 4.40 Å². The summed E-state index contributed by atoms with van der Waals surface area (Å²) in [5.74, 6) is 0.396. The molecule has 0 aromatic carbocycles. The molecule has 14 heavy (non-hydrogen) atoms. The van der Waals surface area contributed by atoms with E-state index in [1.807, 2.05) is 6.20 Å². The van der Waals surface area contributed by atoms with E-state index in [0.717, 1.165) is 11.3 Å². The zero-order valence-electron chi connectivity index (χ0n) is 7.78. The van der Waals surface area contributed by atoms with Gasteiger partial charge in [0.25, 0.3) is 0 Å². The normalized spacial score (nSPS) is 17.2. The molecule has 0 N–H and O–H groups in total. The number of rotatable bonds is 1. The standard InChI is InChI=1S/C11H11FN2/c12-9-4-5-11-13-10(7-14(11)6-9)8-2-1-3-8/h4-8H,1-3H2. The number of hydrogen-bond donors (Lipinski definition) is 0. The fourth-order valence-electron chi connectivity index (χ4n) is 1.89. The maximum atomic E-state index is 12.9. The van der Waals surface area contributed by atoms with Crippen molar-refractivity contribution < 1.29 is 4.39 Å². The minimum Gasteiger partial charge on any atom is -0.304 e. The Morgan fingerprint density at radius 2 is 2.14 bits per heavy atom. The molecule has 1 fully saturated rings. The second kappa shape index (κ2) is 2.80. The zero-order valence-corrected chi connectivity index (χ0v) is 7.78. The third kappa shape index (κ3) is 1.12. The molecular formula is C11H11FN2. The van der Waals surface area contributed by atoms with Gasteiger partial charge in [-0.2, -0.15) is 0 Å². The van der Waals surface area contributed by atoms with Crippen LogP contribution in [-0.4, -0.2) is 9.38 Å². The van der Waals surface area contributed by atoms with Crippen LogP contribution >= 0.6 is 0 Å². The smallest absolute Gasteiger partial charge is 0.139 e. The Hall–Kier alpha value is -1.38. The van der Waals surface area contributed by atoms with E-state index in [1.54, 1.807) is 10.5 Å². The third-order valence-corrected chi connectivity index (χ3v) is 2.96. The van der Waals surface area contributed by atoms with Crippen LogP contribution in [0.25, 0.3) is 5.65 Å². The van der Waals surface area contributed by atoms with Crippen molar-refractivity contribution in [2.24, 2.45) is 0 Å². The third-order valence-electron chi connectivity index (χ3n) is 2.96. The van der Waals surface area contributed by atoms with Gasteiger partial charge in [-0.25, -0.2) is 9.37 Å². The van der Waals surface area contributed by atoms with Crippen molar-refractivity contribution in [3.63, 3.8) is 0 Å². The van der Waals surface area contributed by atoms with E-state index in [-0.39, 0.29) is 5.82 Å². The molecule has 1 aliphatic carbocycles. The van der Waals surface area contributed by atoms with Crippen molar-refractivity contribution in [3.8, 4) is 0 Å². The molecule has 1 aliphatic rings. The predicted octanol–water partition coefficient (Wildman–Crippen LogP) is 2.74. The molecule has 0 spiro atoms. The molecule has 2 nitrogen and oxygen atoms in total. The van der Waals surface area contributed by atoms with Gasteiger partial charge in [-0.1, -0.05) is 6.42 Å². The molecule has 3 rings (SSSR count). The summed E-state index contributed by atoms with van der Waals surface area (Å²) in [6, 6.07) is 3.17. The molecule has 3 heteroatoms. The first kappa shape index (κ1) is 7.97. The second-order valence-electron chi connectivity index (χ2n) is 3.91. The average molecular weight is 190 g/mol. The van der Waals surface area contributed by atoms with Gasteiger partial charge in [-0.15, -0.1) is 0 Å². The minimum atomic E-state index is -0.213. The van der Waals surface area contributed by atoms with Crippen molar-refractivity contribution in [2.75, 3.05) is 0 Å². The van der Waals surface area contributed by atoms with E-state index < -0.39 is 0 Å². The highest BCUT2D eigenvalue weighted by Crippen LogP contribution is 2.35. The highest BCUT2D eigenvalue weighted by atomic mass is 19.1. The number of halogens is 1. The molecule has 2 aromatic rings. The first-order chi connectivity index (χ1) is 6.83. The van der Waals surface area contributed by atoms with Gasteiger partial charge >= 0.3 is 0 Å². The largest absolute Gasteiger partial charge is 0.304 e. The van der Waals surface area contributed by atoms with E-state index >= 15 is 0 Å². The number of hydrogen-bond acceptors (Lipinski definition) is 1. The molecule has 0 aliphatic heterocycles. The Bertz CT molecular complexity index is 471. The van der Waals surface area contributed by atoms with Crippen LogP contribution in [0.5, 0.6) is 0 Å². The summed E-state index contributed by atoms with van der Waals surface area (Å²) in [5.41, 5.74) is 1.95. The Labute approximate surface area is 81.4 Å². The zero-order chi connectivity index (χ0) is 9.54. The monoisotopic (exact) mass is 190 g/mol. The van der Waals surface area contributed by atoms with E-state index in [1.165, 1.54) is 31.5 Å². The lowest BCUT2D eigenvalue weighted by Crippen LogP contribution is -2.08. The van der Waals surface area contributed by atoms with Gasteiger partial charge in [0.15, 0.2) is 0 Å². The molecule has 0 radical (unpaired) electrons. The molecule has 0 saturated heterocycles. The molecule has 1 saturated carbocycles. The van der Waals surface area contributed by atoms with Gasteiger partial charge in [0.1, 0.15) is 11.5 Å². The Morgan fingerprint density at radius 1 is 1.29 bits per heavy atom. The van der Waals surface area contributed by atoms with Gasteiger partial charge in [0.05, 0.1) is 5.69 Å². The fourth-order valence-corrected chi connectivity index (χ4v) is 1.89. The molecule has 72 valence electrons. The van der Waals surface area contributed by atoms with Crippen LogP contribution in [0.3, 0.4) is 0 Å².